The van der Waals surface area contributed by atoms with Gasteiger partial charge < -0.3 is 19.0 Å². The lowest BCUT2D eigenvalue weighted by atomic mass is 9.85. The summed E-state index contributed by atoms with van der Waals surface area (Å²) < 4.78 is 16.6. The first kappa shape index (κ1) is 21.3. The van der Waals surface area contributed by atoms with Crippen molar-refractivity contribution in [2.45, 2.75) is 52.6 Å². The van der Waals surface area contributed by atoms with Gasteiger partial charge in [-0.25, -0.2) is 9.59 Å². The van der Waals surface area contributed by atoms with Crippen molar-refractivity contribution >= 4 is 17.7 Å². The van der Waals surface area contributed by atoms with E-state index in [1.807, 2.05) is 26.8 Å². The predicted octanol–water partition coefficient (Wildman–Crippen LogP) is 3.70. The van der Waals surface area contributed by atoms with E-state index in [0.717, 1.165) is 28.7 Å². The summed E-state index contributed by atoms with van der Waals surface area (Å²) in [6.07, 6.45) is 0.856. The van der Waals surface area contributed by atoms with Crippen molar-refractivity contribution in [2.24, 2.45) is 0 Å². The van der Waals surface area contributed by atoms with Crippen LogP contribution >= 0.6 is 0 Å². The van der Waals surface area contributed by atoms with Gasteiger partial charge in [-0.3, -0.25) is 0 Å². The van der Waals surface area contributed by atoms with Crippen LogP contribution in [0.4, 0.5) is 4.79 Å². The first-order valence-corrected chi connectivity index (χ1v) is 10.1. The maximum atomic E-state index is 13.1. The van der Waals surface area contributed by atoms with Gasteiger partial charge in [0, 0.05) is 25.9 Å². The van der Waals surface area contributed by atoms with Crippen LogP contribution in [0.5, 0.6) is 0 Å². The minimum Gasteiger partial charge on any atom is -0.447 e. The number of nitrogens with zero attached hydrogens (tertiary/aromatic N) is 1. The van der Waals surface area contributed by atoms with Crippen LogP contribution in [0.3, 0.4) is 0 Å². The van der Waals surface area contributed by atoms with Gasteiger partial charge in [0.25, 0.3) is 0 Å². The minimum absolute atomic E-state index is 0.185. The van der Waals surface area contributed by atoms with E-state index >= 15 is 0 Å². The number of hydrogen-bond acceptors (Lipinski definition) is 7. The highest BCUT2D eigenvalue weighted by molar-refractivity contribution is 6.20. The third-order valence-electron chi connectivity index (χ3n) is 5.56. The molecule has 1 aromatic carbocycles. The number of hydroxylamine groups is 2. The fraction of sp³-hybridized carbons (Fsp3) is 0.545. The van der Waals surface area contributed by atoms with Crippen molar-refractivity contribution in [3.05, 3.63) is 40.1 Å². The van der Waals surface area contributed by atoms with Gasteiger partial charge in [-0.1, -0.05) is 24.6 Å². The molecule has 0 aromatic heterocycles. The molecule has 7 heteroatoms. The molecule has 0 N–H and O–H groups in total. The van der Waals surface area contributed by atoms with E-state index in [0.29, 0.717) is 31.5 Å². The van der Waals surface area contributed by atoms with E-state index < -0.39 is 17.7 Å². The van der Waals surface area contributed by atoms with E-state index in [-0.39, 0.29) is 12.4 Å². The van der Waals surface area contributed by atoms with Crippen LogP contribution in [0.15, 0.2) is 17.9 Å². The molecule has 1 spiro atoms. The minimum atomic E-state index is -0.990. The van der Waals surface area contributed by atoms with Gasteiger partial charge >= 0.3 is 12.1 Å². The first-order valence-electron chi connectivity index (χ1n) is 10.1. The second-order valence-corrected chi connectivity index (χ2v) is 7.45. The highest BCUT2D eigenvalue weighted by Gasteiger charge is 2.53. The average Bonchev–Trinajstić information content (AvgIpc) is 2.93. The van der Waals surface area contributed by atoms with Gasteiger partial charge in [0.2, 0.25) is 0 Å². The summed E-state index contributed by atoms with van der Waals surface area (Å²) in [5.41, 5.74) is 3.21. The summed E-state index contributed by atoms with van der Waals surface area (Å²) in [6.45, 7) is 9.03. The van der Waals surface area contributed by atoms with E-state index in [4.69, 9.17) is 19.0 Å². The molecule has 2 aliphatic rings. The molecule has 3 rings (SSSR count). The van der Waals surface area contributed by atoms with Crippen LogP contribution in [0, 0.1) is 13.8 Å². The van der Waals surface area contributed by atoms with Gasteiger partial charge in [0.05, 0.1) is 13.7 Å². The Morgan fingerprint density at radius 3 is 2.48 bits per heavy atom. The van der Waals surface area contributed by atoms with Gasteiger partial charge in [-0.2, -0.15) is 5.06 Å². The van der Waals surface area contributed by atoms with E-state index in [9.17, 15) is 9.59 Å². The highest BCUT2D eigenvalue weighted by atomic mass is 16.7. The Labute approximate surface area is 171 Å². The molecule has 2 heterocycles. The summed E-state index contributed by atoms with van der Waals surface area (Å²) >= 11 is 0. The molecule has 0 saturated carbocycles. The molecular formula is C22H29NO6. The number of rotatable bonds is 5. The molecule has 0 unspecified atom stereocenters. The molecular weight excluding hydrogens is 374 g/mol. The normalized spacial score (nSPS) is 18.9. The van der Waals surface area contributed by atoms with E-state index in [1.165, 1.54) is 0 Å². The number of carbonyl (C=O) groups excluding carboxylic acids is 2. The molecule has 0 amide bonds. The Morgan fingerprint density at radius 2 is 1.90 bits per heavy atom. The van der Waals surface area contributed by atoms with Gasteiger partial charge in [0.1, 0.15) is 5.57 Å². The molecule has 1 fully saturated rings. The van der Waals surface area contributed by atoms with Crippen molar-refractivity contribution < 1.29 is 28.6 Å². The fourth-order valence-electron chi connectivity index (χ4n) is 4.24. The van der Waals surface area contributed by atoms with Crippen LogP contribution in [0.1, 0.15) is 48.9 Å². The molecule has 0 atom stereocenters. The molecule has 1 saturated heterocycles. The summed E-state index contributed by atoms with van der Waals surface area (Å²) in [4.78, 5) is 30.6. The number of esters is 1. The summed E-state index contributed by atoms with van der Waals surface area (Å²) in [6, 6.07) is 4.08. The number of hydrogen-bond donors (Lipinski definition) is 0. The fourth-order valence-corrected chi connectivity index (χ4v) is 4.24. The molecule has 0 bridgehead atoms. The molecule has 7 nitrogen and oxygen atoms in total. The predicted molar refractivity (Wildman–Crippen MR) is 107 cm³/mol. The standard InChI is InChI=1S/C22H29NO6/c1-6-16-13-14(3)12-15(4)17(16)18-19(28-21(25)27-7-2)22(29-20(18)24)8-10-23(26-5)11-9-22/h12-13H,6-11H2,1-5H3. The largest absolute Gasteiger partial charge is 0.513 e. The number of benzene rings is 1. The number of aryl methyl sites for hydroxylation is 3. The zero-order valence-corrected chi connectivity index (χ0v) is 17.8. The SMILES string of the molecule is CCOC(=O)OC1=C(c2c(C)cc(C)cc2CC)C(=O)OC12CCN(OC)CC2. The molecule has 0 radical (unpaired) electrons. The second kappa shape index (κ2) is 8.55. The van der Waals surface area contributed by atoms with Crippen LogP contribution in [0.25, 0.3) is 5.57 Å². The number of piperidine rings is 1. The Bertz CT molecular complexity index is 836. The third kappa shape index (κ3) is 4.02. The maximum Gasteiger partial charge on any atom is 0.513 e. The molecule has 29 heavy (non-hydrogen) atoms. The second-order valence-electron chi connectivity index (χ2n) is 7.45. The Morgan fingerprint density at radius 1 is 1.21 bits per heavy atom. The summed E-state index contributed by atoms with van der Waals surface area (Å²) in [5, 5.41) is 1.80. The quantitative estimate of drug-likeness (QED) is 0.694. The lowest BCUT2D eigenvalue weighted by Crippen LogP contribution is -2.46. The zero-order chi connectivity index (χ0) is 21.2. The molecule has 1 aromatic rings. The number of carbonyl (C=O) groups is 2. The lowest BCUT2D eigenvalue weighted by Gasteiger charge is -2.37. The first-order chi connectivity index (χ1) is 13.8. The van der Waals surface area contributed by atoms with Crippen LogP contribution in [0.2, 0.25) is 0 Å². The highest BCUT2D eigenvalue weighted by Crippen LogP contribution is 2.46. The van der Waals surface area contributed by atoms with Crippen molar-refractivity contribution in [1.82, 2.24) is 5.06 Å². The third-order valence-corrected chi connectivity index (χ3v) is 5.56. The van der Waals surface area contributed by atoms with E-state index in [1.54, 1.807) is 19.1 Å². The smallest absolute Gasteiger partial charge is 0.447 e. The van der Waals surface area contributed by atoms with Gasteiger partial charge in [-0.15, -0.1) is 0 Å². The van der Waals surface area contributed by atoms with Gasteiger partial charge in [-0.05, 0) is 43.9 Å². The van der Waals surface area contributed by atoms with Crippen molar-refractivity contribution in [3.8, 4) is 0 Å². The van der Waals surface area contributed by atoms with Crippen LogP contribution in [-0.2, 0) is 30.3 Å². The maximum absolute atomic E-state index is 13.1. The summed E-state index contributed by atoms with van der Waals surface area (Å²) in [7, 11) is 1.61. The van der Waals surface area contributed by atoms with Gasteiger partial charge in [0.15, 0.2) is 11.4 Å². The zero-order valence-electron chi connectivity index (χ0n) is 17.8. The van der Waals surface area contributed by atoms with Crippen molar-refractivity contribution in [2.75, 3.05) is 26.8 Å². The topological polar surface area (TPSA) is 74.3 Å². The lowest BCUT2D eigenvalue weighted by molar-refractivity contribution is -0.183. The molecule has 0 aliphatic carbocycles. The number of ether oxygens (including phenoxy) is 3. The molecule has 2 aliphatic heterocycles. The van der Waals surface area contributed by atoms with Crippen LogP contribution in [-0.4, -0.2) is 49.6 Å². The molecule has 158 valence electrons. The van der Waals surface area contributed by atoms with E-state index in [2.05, 4.69) is 6.07 Å². The average molecular weight is 403 g/mol. The van der Waals surface area contributed by atoms with Crippen molar-refractivity contribution in [3.63, 3.8) is 0 Å². The Kier molecular flexibility index (Phi) is 6.29. The monoisotopic (exact) mass is 403 g/mol. The van der Waals surface area contributed by atoms with Crippen LogP contribution < -0.4 is 0 Å². The summed E-state index contributed by atoms with van der Waals surface area (Å²) in [5.74, 6) is -0.199. The Balaban J connectivity index is 2.15. The van der Waals surface area contributed by atoms with Crippen molar-refractivity contribution in [1.29, 1.82) is 0 Å². The Hall–Kier alpha value is -2.38.